The van der Waals surface area contributed by atoms with Crippen molar-refractivity contribution in [2.24, 2.45) is 0 Å². The lowest BCUT2D eigenvalue weighted by Gasteiger charge is -2.31. The number of hydrogen-bond acceptors (Lipinski definition) is 2. The molecule has 106 valence electrons. The number of hydrogen-bond donors (Lipinski definition) is 1. The fourth-order valence-corrected chi connectivity index (χ4v) is 2.38. The first-order valence-corrected chi connectivity index (χ1v) is 7.02. The minimum Gasteiger partial charge on any atom is -0.494 e. The molecular weight excluding hydrogens is 248 g/mol. The van der Waals surface area contributed by atoms with Crippen molar-refractivity contribution < 1.29 is 9.84 Å². The maximum absolute atomic E-state index is 10.7. The summed E-state index contributed by atoms with van der Waals surface area (Å²) in [7, 11) is 0. The Hall–Kier alpha value is -1.80. The lowest BCUT2D eigenvalue weighted by atomic mass is 9.77. The molecule has 0 bridgehead atoms. The van der Waals surface area contributed by atoms with Crippen molar-refractivity contribution in [2.45, 2.75) is 32.3 Å². The quantitative estimate of drug-likeness (QED) is 0.886. The van der Waals surface area contributed by atoms with E-state index in [9.17, 15) is 5.11 Å². The lowest BCUT2D eigenvalue weighted by Crippen LogP contribution is -2.26. The van der Waals surface area contributed by atoms with Gasteiger partial charge in [-0.25, -0.2) is 0 Å². The number of ether oxygens (including phenoxy) is 1. The Morgan fingerprint density at radius 3 is 2.40 bits per heavy atom. The molecule has 0 aromatic heterocycles. The molecule has 1 atom stereocenters. The molecule has 0 aliphatic carbocycles. The first-order valence-electron chi connectivity index (χ1n) is 7.02. The molecule has 1 unspecified atom stereocenters. The summed E-state index contributed by atoms with van der Waals surface area (Å²) in [5.41, 5.74) is 1.64. The van der Waals surface area contributed by atoms with Crippen LogP contribution >= 0.6 is 0 Å². The summed E-state index contributed by atoms with van der Waals surface area (Å²) in [4.78, 5) is 0. The van der Waals surface area contributed by atoms with Gasteiger partial charge >= 0.3 is 0 Å². The maximum Gasteiger partial charge on any atom is 0.119 e. The van der Waals surface area contributed by atoms with E-state index in [1.54, 1.807) is 0 Å². The van der Waals surface area contributed by atoms with Crippen LogP contribution < -0.4 is 4.74 Å². The van der Waals surface area contributed by atoms with Crippen LogP contribution in [0.1, 0.15) is 38.0 Å². The van der Waals surface area contributed by atoms with E-state index in [0.717, 1.165) is 16.9 Å². The highest BCUT2D eigenvalue weighted by molar-refractivity contribution is 5.34. The van der Waals surface area contributed by atoms with Gasteiger partial charge < -0.3 is 9.84 Å². The molecule has 0 saturated carbocycles. The van der Waals surface area contributed by atoms with Gasteiger partial charge in [-0.1, -0.05) is 56.3 Å². The van der Waals surface area contributed by atoms with Crippen LogP contribution in [0.2, 0.25) is 0 Å². The van der Waals surface area contributed by atoms with E-state index < -0.39 is 6.10 Å². The average Bonchev–Trinajstić information content (AvgIpc) is 2.48. The van der Waals surface area contributed by atoms with Crippen LogP contribution in [-0.2, 0) is 5.41 Å². The Labute approximate surface area is 121 Å². The van der Waals surface area contributed by atoms with Crippen molar-refractivity contribution in [1.29, 1.82) is 0 Å². The molecule has 2 rings (SSSR count). The first kappa shape index (κ1) is 14.6. The van der Waals surface area contributed by atoms with Gasteiger partial charge in [0.05, 0.1) is 12.7 Å². The van der Waals surface area contributed by atoms with Crippen LogP contribution in [0, 0.1) is 0 Å². The minimum atomic E-state index is -0.578. The Kier molecular flexibility index (Phi) is 4.46. The molecule has 0 spiro atoms. The highest BCUT2D eigenvalue weighted by Gasteiger charge is 2.31. The normalized spacial score (nSPS) is 13.0. The van der Waals surface area contributed by atoms with Gasteiger partial charge in [-0.05, 0) is 30.2 Å². The third kappa shape index (κ3) is 3.02. The second kappa shape index (κ2) is 6.10. The van der Waals surface area contributed by atoms with Gasteiger partial charge in [0, 0.05) is 5.41 Å². The van der Waals surface area contributed by atoms with E-state index in [1.807, 2.05) is 49.4 Å². The van der Waals surface area contributed by atoms with Crippen molar-refractivity contribution >= 4 is 0 Å². The van der Waals surface area contributed by atoms with Crippen molar-refractivity contribution in [1.82, 2.24) is 0 Å². The molecular formula is C18H22O2. The second-order valence-electron chi connectivity index (χ2n) is 5.50. The zero-order valence-electron chi connectivity index (χ0n) is 12.3. The maximum atomic E-state index is 10.7. The summed E-state index contributed by atoms with van der Waals surface area (Å²) in [5, 5.41) is 10.7. The summed E-state index contributed by atoms with van der Waals surface area (Å²) in [6, 6.07) is 17.8. The number of aliphatic hydroxyl groups is 1. The van der Waals surface area contributed by atoms with Crippen molar-refractivity contribution in [2.75, 3.05) is 6.61 Å². The molecule has 0 aliphatic rings. The van der Waals surface area contributed by atoms with E-state index in [-0.39, 0.29) is 5.41 Å². The largest absolute Gasteiger partial charge is 0.494 e. The van der Waals surface area contributed by atoms with Crippen LogP contribution in [0.4, 0.5) is 0 Å². The predicted octanol–water partition coefficient (Wildman–Crippen LogP) is 4.10. The van der Waals surface area contributed by atoms with Gasteiger partial charge in [0.15, 0.2) is 0 Å². The third-order valence-electron chi connectivity index (χ3n) is 3.69. The van der Waals surface area contributed by atoms with Crippen LogP contribution in [-0.4, -0.2) is 11.7 Å². The van der Waals surface area contributed by atoms with Gasteiger partial charge in [0.1, 0.15) is 5.75 Å². The zero-order chi connectivity index (χ0) is 14.6. The highest BCUT2D eigenvalue weighted by atomic mass is 16.5. The molecule has 2 heteroatoms. The molecule has 20 heavy (non-hydrogen) atoms. The molecule has 0 heterocycles. The second-order valence-corrected chi connectivity index (χ2v) is 5.50. The SMILES string of the molecule is CCOc1cccc(C(O)C(C)(C)c2ccccc2)c1. The summed E-state index contributed by atoms with van der Waals surface area (Å²) in [5.74, 6) is 0.799. The third-order valence-corrected chi connectivity index (χ3v) is 3.69. The van der Waals surface area contributed by atoms with Gasteiger partial charge in [-0.3, -0.25) is 0 Å². The van der Waals surface area contributed by atoms with E-state index in [2.05, 4.69) is 26.0 Å². The fourth-order valence-electron chi connectivity index (χ4n) is 2.38. The zero-order valence-corrected chi connectivity index (χ0v) is 12.3. The summed E-state index contributed by atoms with van der Waals surface area (Å²) < 4.78 is 5.50. The molecule has 2 aromatic carbocycles. The van der Waals surface area contributed by atoms with Crippen LogP contribution in [0.15, 0.2) is 54.6 Å². The molecule has 0 amide bonds. The molecule has 1 N–H and O–H groups in total. The van der Waals surface area contributed by atoms with Gasteiger partial charge in [0.2, 0.25) is 0 Å². The Bertz CT molecular complexity index is 546. The molecule has 0 radical (unpaired) electrons. The molecule has 2 aromatic rings. The Morgan fingerprint density at radius 2 is 1.75 bits per heavy atom. The van der Waals surface area contributed by atoms with E-state index in [0.29, 0.717) is 6.61 Å². The van der Waals surface area contributed by atoms with Crippen LogP contribution in [0.3, 0.4) is 0 Å². The van der Waals surface area contributed by atoms with Gasteiger partial charge in [0.25, 0.3) is 0 Å². The van der Waals surface area contributed by atoms with Crippen molar-refractivity contribution in [3.8, 4) is 5.75 Å². The van der Waals surface area contributed by atoms with Crippen LogP contribution in [0.25, 0.3) is 0 Å². The lowest BCUT2D eigenvalue weighted by molar-refractivity contribution is 0.0999. The highest BCUT2D eigenvalue weighted by Crippen LogP contribution is 2.37. The molecule has 0 saturated heterocycles. The Balaban J connectivity index is 2.30. The van der Waals surface area contributed by atoms with Crippen molar-refractivity contribution in [3.05, 3.63) is 65.7 Å². The summed E-state index contributed by atoms with van der Waals surface area (Å²) in [6.45, 7) is 6.69. The number of rotatable bonds is 5. The topological polar surface area (TPSA) is 29.5 Å². The average molecular weight is 270 g/mol. The van der Waals surface area contributed by atoms with Gasteiger partial charge in [-0.2, -0.15) is 0 Å². The minimum absolute atomic E-state index is 0.355. The fraction of sp³-hybridized carbons (Fsp3) is 0.333. The van der Waals surface area contributed by atoms with Gasteiger partial charge in [-0.15, -0.1) is 0 Å². The van der Waals surface area contributed by atoms with E-state index in [4.69, 9.17) is 4.74 Å². The predicted molar refractivity (Wildman–Crippen MR) is 82.0 cm³/mol. The monoisotopic (exact) mass is 270 g/mol. The van der Waals surface area contributed by atoms with E-state index >= 15 is 0 Å². The summed E-state index contributed by atoms with van der Waals surface area (Å²) >= 11 is 0. The van der Waals surface area contributed by atoms with E-state index in [1.165, 1.54) is 0 Å². The summed E-state index contributed by atoms with van der Waals surface area (Å²) in [6.07, 6.45) is -0.578. The molecule has 0 aliphatic heterocycles. The smallest absolute Gasteiger partial charge is 0.119 e. The Morgan fingerprint density at radius 1 is 1.05 bits per heavy atom. The van der Waals surface area contributed by atoms with Crippen molar-refractivity contribution in [3.63, 3.8) is 0 Å². The first-order chi connectivity index (χ1) is 9.55. The number of benzene rings is 2. The van der Waals surface area contributed by atoms with Crippen LogP contribution in [0.5, 0.6) is 5.75 Å². The molecule has 0 fully saturated rings. The number of aliphatic hydroxyl groups excluding tert-OH is 1. The molecule has 2 nitrogen and oxygen atoms in total. The standard InChI is InChI=1S/C18H22O2/c1-4-20-16-12-8-9-14(13-16)17(19)18(2,3)15-10-6-5-7-11-15/h5-13,17,19H,4H2,1-3H3.